The summed E-state index contributed by atoms with van der Waals surface area (Å²) in [6.07, 6.45) is 7.36. The van der Waals surface area contributed by atoms with Crippen LogP contribution < -0.4 is 10.9 Å². The molecule has 2 amide bonds. The number of amides is 2. The van der Waals surface area contributed by atoms with Gasteiger partial charge in [-0.3, -0.25) is 4.79 Å². The van der Waals surface area contributed by atoms with Crippen LogP contribution in [0.15, 0.2) is 23.0 Å². The highest BCUT2D eigenvalue weighted by Crippen LogP contribution is 2.26. The van der Waals surface area contributed by atoms with Crippen LogP contribution in [0.4, 0.5) is 4.79 Å². The minimum atomic E-state index is -0.260. The number of fused-ring (bicyclic) bond motifs is 1. The van der Waals surface area contributed by atoms with Crippen LogP contribution in [0.25, 0.3) is 11.2 Å². The van der Waals surface area contributed by atoms with E-state index < -0.39 is 0 Å². The topological polar surface area (TPSA) is 109 Å². The van der Waals surface area contributed by atoms with Crippen molar-refractivity contribution in [3.05, 3.63) is 51.1 Å². The van der Waals surface area contributed by atoms with E-state index >= 15 is 0 Å². The van der Waals surface area contributed by atoms with E-state index in [0.29, 0.717) is 37.1 Å². The van der Waals surface area contributed by atoms with E-state index in [1.807, 2.05) is 4.90 Å². The van der Waals surface area contributed by atoms with E-state index in [0.717, 1.165) is 36.8 Å². The van der Waals surface area contributed by atoms with Crippen molar-refractivity contribution in [2.45, 2.75) is 77.3 Å². The minimum absolute atomic E-state index is 0.0399. The number of carbonyl (C=O) groups is 1. The molecular weight excluding hydrogens is 430 g/mol. The van der Waals surface area contributed by atoms with E-state index in [-0.39, 0.29) is 23.0 Å². The summed E-state index contributed by atoms with van der Waals surface area (Å²) < 4.78 is 1.71. The van der Waals surface area contributed by atoms with E-state index in [1.54, 1.807) is 4.68 Å². The summed E-state index contributed by atoms with van der Waals surface area (Å²) in [5.74, 6) is 0.759. The Kier molecular flexibility index (Phi) is 6.34. The molecule has 2 fully saturated rings. The molecule has 1 aromatic carbocycles. The van der Waals surface area contributed by atoms with Crippen LogP contribution in [-0.4, -0.2) is 55.0 Å². The van der Waals surface area contributed by atoms with Crippen molar-refractivity contribution in [1.29, 1.82) is 0 Å². The number of aromatic amines is 1. The Labute approximate surface area is 199 Å². The summed E-state index contributed by atoms with van der Waals surface area (Å²) in [7, 11) is 0. The maximum Gasteiger partial charge on any atom is 0.317 e. The minimum Gasteiger partial charge on any atom is -0.335 e. The fourth-order valence-electron chi connectivity index (χ4n) is 5.18. The molecule has 2 aliphatic rings. The number of aryl methyl sites for hydroxylation is 2. The lowest BCUT2D eigenvalue weighted by atomic mass is 9.95. The summed E-state index contributed by atoms with van der Waals surface area (Å²) in [4.78, 5) is 35.0. The highest BCUT2D eigenvalue weighted by atomic mass is 16.2. The molecule has 34 heavy (non-hydrogen) atoms. The van der Waals surface area contributed by atoms with Crippen molar-refractivity contribution < 1.29 is 4.79 Å². The molecule has 2 aromatic heterocycles. The van der Waals surface area contributed by atoms with Crippen LogP contribution in [0.5, 0.6) is 0 Å². The molecule has 9 nitrogen and oxygen atoms in total. The lowest BCUT2D eigenvalue weighted by molar-refractivity contribution is 0.173. The van der Waals surface area contributed by atoms with Crippen LogP contribution in [0.1, 0.15) is 73.4 Å². The number of urea groups is 1. The normalized spacial score (nSPS) is 17.9. The quantitative estimate of drug-likeness (QED) is 0.616. The van der Waals surface area contributed by atoms with Gasteiger partial charge in [0.1, 0.15) is 5.82 Å². The third-order valence-electron chi connectivity index (χ3n) is 7.32. The van der Waals surface area contributed by atoms with Crippen molar-refractivity contribution in [3.63, 3.8) is 0 Å². The Hall–Kier alpha value is -3.23. The van der Waals surface area contributed by atoms with Crippen molar-refractivity contribution >= 4 is 17.2 Å². The van der Waals surface area contributed by atoms with Gasteiger partial charge in [-0.15, -0.1) is 5.10 Å². The molecule has 0 unspecified atom stereocenters. The molecule has 1 aliphatic carbocycles. The molecule has 1 saturated carbocycles. The number of nitrogens with one attached hydrogen (secondary N) is 2. The third-order valence-corrected chi connectivity index (χ3v) is 7.32. The molecule has 5 rings (SSSR count). The monoisotopic (exact) mass is 463 g/mol. The molecule has 3 aromatic rings. The van der Waals surface area contributed by atoms with Gasteiger partial charge in [0, 0.05) is 25.0 Å². The van der Waals surface area contributed by atoms with Crippen LogP contribution in [0, 0.1) is 13.8 Å². The van der Waals surface area contributed by atoms with Gasteiger partial charge in [0.05, 0.1) is 6.54 Å². The third kappa shape index (κ3) is 4.69. The predicted octanol–water partition coefficient (Wildman–Crippen LogP) is 3.40. The molecule has 3 heterocycles. The van der Waals surface area contributed by atoms with Crippen molar-refractivity contribution in [2.24, 2.45) is 0 Å². The van der Waals surface area contributed by atoms with Crippen LogP contribution in [-0.2, 0) is 6.54 Å². The molecule has 1 aliphatic heterocycles. The smallest absolute Gasteiger partial charge is 0.317 e. The summed E-state index contributed by atoms with van der Waals surface area (Å²) in [5, 5.41) is 11.5. The van der Waals surface area contributed by atoms with Gasteiger partial charge in [-0.25, -0.2) is 14.5 Å². The number of rotatable bonds is 4. The standard InChI is InChI=1S/C25H33N7O2/c1-16-8-9-17(2)19(14-16)15-32-23-21(29-30-32)24(33)28-22(27-23)18-10-12-31(13-11-18)25(34)26-20-6-4-3-5-7-20/h8-9,14,18,20H,3-7,10-13,15H2,1-2H3,(H,26,34)(H,27,28,33). The first kappa shape index (κ1) is 22.6. The molecule has 1 saturated heterocycles. The Morgan fingerprint density at radius 2 is 1.88 bits per heavy atom. The fraction of sp³-hybridized carbons (Fsp3) is 0.560. The van der Waals surface area contributed by atoms with Gasteiger partial charge in [0.25, 0.3) is 5.56 Å². The number of hydrogen-bond donors (Lipinski definition) is 2. The Morgan fingerprint density at radius 1 is 1.12 bits per heavy atom. The van der Waals surface area contributed by atoms with E-state index in [1.165, 1.54) is 24.8 Å². The summed E-state index contributed by atoms with van der Waals surface area (Å²) in [6.45, 7) is 5.96. The van der Waals surface area contributed by atoms with Gasteiger partial charge in [-0.2, -0.15) is 0 Å². The van der Waals surface area contributed by atoms with Crippen molar-refractivity contribution in [3.8, 4) is 0 Å². The van der Waals surface area contributed by atoms with Gasteiger partial charge in [-0.05, 0) is 50.7 Å². The molecular formula is C25H33N7O2. The second-order valence-electron chi connectivity index (χ2n) is 9.85. The van der Waals surface area contributed by atoms with E-state index in [9.17, 15) is 9.59 Å². The molecule has 2 N–H and O–H groups in total. The number of H-pyrrole nitrogens is 1. The highest BCUT2D eigenvalue weighted by molar-refractivity contribution is 5.74. The molecule has 0 atom stereocenters. The lowest BCUT2D eigenvalue weighted by Gasteiger charge is -2.33. The summed E-state index contributed by atoms with van der Waals surface area (Å²) in [5.41, 5.74) is 3.99. The molecule has 0 radical (unpaired) electrons. The van der Waals surface area contributed by atoms with Gasteiger partial charge in [0.15, 0.2) is 11.2 Å². The molecule has 0 bridgehead atoms. The van der Waals surface area contributed by atoms with Gasteiger partial charge >= 0.3 is 6.03 Å². The van der Waals surface area contributed by atoms with Gasteiger partial charge in [0.2, 0.25) is 0 Å². The number of piperidine rings is 1. The number of carbonyl (C=O) groups excluding carboxylic acids is 1. The number of benzene rings is 1. The Bertz CT molecular complexity index is 1230. The lowest BCUT2D eigenvalue weighted by Crippen LogP contribution is -2.48. The number of aromatic nitrogens is 5. The van der Waals surface area contributed by atoms with Gasteiger partial charge < -0.3 is 15.2 Å². The van der Waals surface area contributed by atoms with Crippen LogP contribution >= 0.6 is 0 Å². The molecule has 9 heteroatoms. The van der Waals surface area contributed by atoms with Crippen LogP contribution in [0.3, 0.4) is 0 Å². The molecule has 180 valence electrons. The largest absolute Gasteiger partial charge is 0.335 e. The van der Waals surface area contributed by atoms with Crippen molar-refractivity contribution in [2.75, 3.05) is 13.1 Å². The zero-order chi connectivity index (χ0) is 23.7. The first-order valence-electron chi connectivity index (χ1n) is 12.4. The van der Waals surface area contributed by atoms with Crippen molar-refractivity contribution in [1.82, 2.24) is 35.2 Å². The second-order valence-corrected chi connectivity index (χ2v) is 9.85. The predicted molar refractivity (Wildman–Crippen MR) is 130 cm³/mol. The maximum absolute atomic E-state index is 12.7. The number of nitrogens with zero attached hydrogens (tertiary/aromatic N) is 5. The first-order valence-corrected chi connectivity index (χ1v) is 12.4. The fourth-order valence-corrected chi connectivity index (χ4v) is 5.18. The maximum atomic E-state index is 12.7. The second kappa shape index (κ2) is 9.56. The average Bonchev–Trinajstić information content (AvgIpc) is 3.25. The zero-order valence-electron chi connectivity index (χ0n) is 20.0. The number of hydrogen-bond acceptors (Lipinski definition) is 5. The van der Waals surface area contributed by atoms with E-state index in [4.69, 9.17) is 4.98 Å². The van der Waals surface area contributed by atoms with Gasteiger partial charge in [-0.1, -0.05) is 48.2 Å². The Morgan fingerprint density at radius 3 is 2.65 bits per heavy atom. The molecule has 0 spiro atoms. The highest BCUT2D eigenvalue weighted by Gasteiger charge is 2.28. The average molecular weight is 464 g/mol. The van der Waals surface area contributed by atoms with E-state index in [2.05, 4.69) is 52.7 Å². The Balaban J connectivity index is 1.30. The summed E-state index contributed by atoms with van der Waals surface area (Å²) >= 11 is 0. The summed E-state index contributed by atoms with van der Waals surface area (Å²) in [6, 6.07) is 6.65. The number of likely N-dealkylation sites (tertiary alicyclic amines) is 1. The SMILES string of the molecule is Cc1ccc(C)c(Cn2nnc3c(=O)[nH]c(C4CCN(C(=O)NC5CCCCC5)CC4)nc32)c1. The first-order chi connectivity index (χ1) is 16.5. The van der Waals surface area contributed by atoms with Crippen LogP contribution in [0.2, 0.25) is 0 Å². The zero-order valence-corrected chi connectivity index (χ0v) is 20.0.